The van der Waals surface area contributed by atoms with Gasteiger partial charge in [-0.3, -0.25) is 0 Å². The first kappa shape index (κ1) is 19.9. The Bertz CT molecular complexity index is 773. The number of ether oxygens (including phenoxy) is 1. The van der Waals surface area contributed by atoms with Crippen LogP contribution >= 0.6 is 0 Å². The molecule has 4 aliphatic carbocycles. The van der Waals surface area contributed by atoms with Crippen LogP contribution in [0.15, 0.2) is 5.16 Å². The van der Waals surface area contributed by atoms with E-state index in [2.05, 4.69) is 39.8 Å². The second kappa shape index (κ2) is 8.99. The monoisotopic (exact) mass is 434 g/mol. The zero-order valence-corrected chi connectivity index (χ0v) is 20.9. The normalized spacial score (nSPS) is 52.5. The van der Waals surface area contributed by atoms with Gasteiger partial charge in [-0.2, -0.15) is 0 Å². The lowest BCUT2D eigenvalue weighted by atomic mass is 9.43. The molecule has 0 aromatic carbocycles. The minimum Gasteiger partial charge on any atom is -0.411 e. The number of hydrogen-bond acceptors (Lipinski definition) is 3. The fraction of sp³-hybridized carbons (Fsp3) is 0.964. The summed E-state index contributed by atoms with van der Waals surface area (Å²) < 4.78 is 32.6. The van der Waals surface area contributed by atoms with Crippen molar-refractivity contribution in [2.75, 3.05) is 7.11 Å². The minimum absolute atomic E-state index is 0.0444. The van der Waals surface area contributed by atoms with E-state index in [-0.39, 0.29) is 11.6 Å². The average molecular weight is 435 g/mol. The Morgan fingerprint density at radius 3 is 2.55 bits per heavy atom. The maximum atomic E-state index is 9.62. The molecule has 0 radical (unpaired) electrons. The molecule has 4 aliphatic rings. The molecule has 0 bridgehead atoms. The van der Waals surface area contributed by atoms with Gasteiger partial charge in [0.25, 0.3) is 0 Å². The SMILES string of the molecule is [2H][C@H]1/C(=N\O)C([2H])([2H])[C@H]2CC[C@H]3[C@@H]4CC[C@H]([C@H](C)CCCC(C)C)[C@@]4(C)CC[C@@H]3[C@@]2(C)[C@H]1OC. The molecular formula is C28H49NO2. The van der Waals surface area contributed by atoms with Crippen molar-refractivity contribution in [1.82, 2.24) is 0 Å². The fourth-order valence-corrected chi connectivity index (χ4v) is 8.99. The van der Waals surface area contributed by atoms with E-state index in [1.165, 1.54) is 38.5 Å². The van der Waals surface area contributed by atoms with Crippen LogP contribution in [0.4, 0.5) is 0 Å². The van der Waals surface area contributed by atoms with E-state index in [4.69, 9.17) is 8.85 Å². The number of hydrogen-bond donors (Lipinski definition) is 1. The maximum absolute atomic E-state index is 9.62. The number of methoxy groups -OCH3 is 1. The molecule has 0 amide bonds. The Morgan fingerprint density at radius 2 is 1.87 bits per heavy atom. The quantitative estimate of drug-likeness (QED) is 0.346. The van der Waals surface area contributed by atoms with Gasteiger partial charge in [-0.15, -0.1) is 0 Å². The van der Waals surface area contributed by atoms with Gasteiger partial charge in [0.15, 0.2) is 0 Å². The summed E-state index contributed by atoms with van der Waals surface area (Å²) in [6.07, 6.45) is 7.65. The van der Waals surface area contributed by atoms with Crippen molar-refractivity contribution in [2.24, 2.45) is 57.4 Å². The molecule has 31 heavy (non-hydrogen) atoms. The highest BCUT2D eigenvalue weighted by molar-refractivity contribution is 5.85. The van der Waals surface area contributed by atoms with E-state index in [0.717, 1.165) is 37.0 Å². The van der Waals surface area contributed by atoms with Crippen molar-refractivity contribution in [1.29, 1.82) is 0 Å². The molecule has 4 rings (SSSR count). The first-order chi connectivity index (χ1) is 15.9. The molecule has 0 aliphatic heterocycles. The Balaban J connectivity index is 1.60. The molecule has 3 heteroatoms. The molecule has 0 heterocycles. The fourth-order valence-electron chi connectivity index (χ4n) is 8.99. The van der Waals surface area contributed by atoms with Gasteiger partial charge in [-0.05, 0) is 91.7 Å². The topological polar surface area (TPSA) is 41.8 Å². The molecule has 0 saturated heterocycles. The van der Waals surface area contributed by atoms with Gasteiger partial charge < -0.3 is 9.94 Å². The second-order valence-electron chi connectivity index (χ2n) is 12.4. The molecule has 3 nitrogen and oxygen atoms in total. The summed E-state index contributed by atoms with van der Waals surface area (Å²) in [5.41, 5.74) is -0.0721. The largest absolute Gasteiger partial charge is 0.411 e. The number of rotatable bonds is 6. The van der Waals surface area contributed by atoms with Crippen molar-refractivity contribution in [3.05, 3.63) is 0 Å². The van der Waals surface area contributed by atoms with E-state index in [1.807, 2.05) is 0 Å². The number of fused-ring (bicyclic) bond motifs is 5. The van der Waals surface area contributed by atoms with Crippen molar-refractivity contribution in [3.8, 4) is 0 Å². The summed E-state index contributed by atoms with van der Waals surface area (Å²) in [6.45, 7) is 11.9. The molecule has 0 spiro atoms. The van der Waals surface area contributed by atoms with Crippen molar-refractivity contribution >= 4 is 5.71 Å². The van der Waals surface area contributed by atoms with E-state index in [1.54, 1.807) is 7.11 Å². The van der Waals surface area contributed by atoms with Gasteiger partial charge in [0.05, 0.1) is 11.8 Å². The van der Waals surface area contributed by atoms with E-state index in [9.17, 15) is 5.21 Å². The Morgan fingerprint density at radius 1 is 1.10 bits per heavy atom. The molecule has 178 valence electrons. The summed E-state index contributed by atoms with van der Waals surface area (Å²) in [6, 6.07) is 0. The van der Waals surface area contributed by atoms with Gasteiger partial charge in [0.1, 0.15) is 0 Å². The van der Waals surface area contributed by atoms with Crippen LogP contribution in [-0.2, 0) is 4.74 Å². The van der Waals surface area contributed by atoms with Crippen LogP contribution in [-0.4, -0.2) is 24.1 Å². The van der Waals surface area contributed by atoms with Crippen LogP contribution in [0.2, 0.25) is 0 Å². The summed E-state index contributed by atoms with van der Waals surface area (Å²) in [5, 5.41) is 12.9. The third-order valence-electron chi connectivity index (χ3n) is 10.6. The standard InChI is InChI=1S/C28H49NO2/c1-18(2)8-7-9-19(3)23-12-13-24-22-11-10-20-16-21(29-30)17-26(31-6)28(20,5)25(22)14-15-27(23,24)4/h18-20,22-26,30H,7-17H2,1-6H3/b29-21-/t19-,20-,22+,23-,24+,25+,26+,27-,28+/m1/s1/i16D2,17D/t17-,19+,20+,22-,23+,24-,25-,26-,27+,28-/m0. The van der Waals surface area contributed by atoms with Crippen LogP contribution in [0.25, 0.3) is 0 Å². The van der Waals surface area contributed by atoms with Crippen LogP contribution in [0.5, 0.6) is 0 Å². The summed E-state index contributed by atoms with van der Waals surface area (Å²) in [4.78, 5) is 0. The van der Waals surface area contributed by atoms with Crippen molar-refractivity contribution in [3.63, 3.8) is 0 Å². The van der Waals surface area contributed by atoms with Crippen molar-refractivity contribution in [2.45, 2.75) is 111 Å². The summed E-state index contributed by atoms with van der Waals surface area (Å²) >= 11 is 0. The lowest BCUT2D eigenvalue weighted by Crippen LogP contribution is -2.59. The molecule has 4 saturated carbocycles. The Labute approximate surface area is 196 Å². The number of oxime groups is 1. The van der Waals surface area contributed by atoms with E-state index < -0.39 is 24.3 Å². The predicted octanol–water partition coefficient (Wildman–Crippen LogP) is 7.56. The smallest absolute Gasteiger partial charge is 0.0683 e. The van der Waals surface area contributed by atoms with Gasteiger partial charge in [-0.1, -0.05) is 59.0 Å². The zero-order valence-electron chi connectivity index (χ0n) is 23.9. The Hall–Kier alpha value is -0.570. The molecule has 1 N–H and O–H groups in total. The molecule has 10 atom stereocenters. The molecule has 0 aromatic heterocycles. The third-order valence-corrected chi connectivity index (χ3v) is 10.6. The molecule has 0 unspecified atom stereocenters. The van der Waals surface area contributed by atoms with Crippen LogP contribution < -0.4 is 0 Å². The average Bonchev–Trinajstić information content (AvgIpc) is 3.11. The van der Waals surface area contributed by atoms with Gasteiger partial charge in [0.2, 0.25) is 0 Å². The highest BCUT2D eigenvalue weighted by atomic mass is 16.5. The van der Waals surface area contributed by atoms with Crippen LogP contribution in [0, 0.1) is 52.3 Å². The maximum Gasteiger partial charge on any atom is 0.0683 e. The van der Waals surface area contributed by atoms with Gasteiger partial charge in [-0.25, -0.2) is 0 Å². The second-order valence-corrected chi connectivity index (χ2v) is 12.4. The first-order valence-electron chi connectivity index (χ1n) is 14.7. The number of nitrogens with zero attached hydrogens (tertiary/aromatic N) is 1. The lowest BCUT2D eigenvalue weighted by Gasteiger charge is -2.62. The summed E-state index contributed by atoms with van der Waals surface area (Å²) in [5.74, 6) is 3.73. The molecule has 4 fully saturated rings. The zero-order chi connectivity index (χ0) is 25.1. The van der Waals surface area contributed by atoms with Crippen molar-refractivity contribution < 1.29 is 14.1 Å². The van der Waals surface area contributed by atoms with Gasteiger partial charge >= 0.3 is 0 Å². The van der Waals surface area contributed by atoms with E-state index >= 15 is 0 Å². The minimum atomic E-state index is -1.76. The highest BCUT2D eigenvalue weighted by Crippen LogP contribution is 2.68. The predicted molar refractivity (Wildman–Crippen MR) is 128 cm³/mol. The lowest BCUT2D eigenvalue weighted by molar-refractivity contribution is -0.159. The van der Waals surface area contributed by atoms with Crippen LogP contribution in [0.3, 0.4) is 0 Å². The first-order valence-corrected chi connectivity index (χ1v) is 13.1. The van der Waals surface area contributed by atoms with Gasteiger partial charge in [0, 0.05) is 23.0 Å². The molecule has 0 aromatic rings. The third kappa shape index (κ3) is 3.89. The summed E-state index contributed by atoms with van der Waals surface area (Å²) in [7, 11) is 1.66. The van der Waals surface area contributed by atoms with E-state index in [0.29, 0.717) is 23.2 Å². The molecular weight excluding hydrogens is 382 g/mol. The highest BCUT2D eigenvalue weighted by Gasteiger charge is 2.62. The van der Waals surface area contributed by atoms with Crippen LogP contribution in [0.1, 0.15) is 109 Å². The Kier molecular flexibility index (Phi) is 5.76.